The number of esters is 1. The minimum Gasteiger partial charge on any atom is -0.465 e. The molecule has 0 heterocycles. The third kappa shape index (κ3) is 4.84. The Bertz CT molecular complexity index is 452. The van der Waals surface area contributed by atoms with Gasteiger partial charge in [-0.1, -0.05) is 44.0 Å². The van der Waals surface area contributed by atoms with Crippen LogP contribution in [0.1, 0.15) is 56.6 Å². The Labute approximate surface area is 126 Å². The summed E-state index contributed by atoms with van der Waals surface area (Å²) in [4.78, 5) is 11.9. The molecule has 0 amide bonds. The van der Waals surface area contributed by atoms with E-state index in [-0.39, 0.29) is 16.8 Å². The van der Waals surface area contributed by atoms with Gasteiger partial charge in [0.05, 0.1) is 12.7 Å². The molecular weight excluding hydrogens is 270 g/mol. The van der Waals surface area contributed by atoms with Gasteiger partial charge >= 0.3 is 5.97 Å². The van der Waals surface area contributed by atoms with E-state index in [0.717, 1.165) is 5.56 Å². The SMILES string of the molecule is COC(=O)c1ccccc1[C@H](NSC(C)(C)C)C(C)C. The lowest BCUT2D eigenvalue weighted by atomic mass is 9.93. The first-order valence-electron chi connectivity index (χ1n) is 6.87. The van der Waals surface area contributed by atoms with Gasteiger partial charge in [0.15, 0.2) is 0 Å². The van der Waals surface area contributed by atoms with Gasteiger partial charge in [0.25, 0.3) is 0 Å². The van der Waals surface area contributed by atoms with Crippen molar-refractivity contribution in [2.75, 3.05) is 7.11 Å². The van der Waals surface area contributed by atoms with Crippen molar-refractivity contribution in [3.05, 3.63) is 35.4 Å². The second-order valence-corrected chi connectivity index (χ2v) is 7.80. The summed E-state index contributed by atoms with van der Waals surface area (Å²) in [5.74, 6) is 0.0875. The summed E-state index contributed by atoms with van der Waals surface area (Å²) >= 11 is 1.69. The minimum absolute atomic E-state index is 0.106. The van der Waals surface area contributed by atoms with Gasteiger partial charge in [-0.3, -0.25) is 4.72 Å². The van der Waals surface area contributed by atoms with Crippen LogP contribution in [0.2, 0.25) is 0 Å². The summed E-state index contributed by atoms with van der Waals surface area (Å²) in [7, 11) is 1.42. The van der Waals surface area contributed by atoms with Crippen LogP contribution in [0.5, 0.6) is 0 Å². The molecule has 0 aliphatic rings. The van der Waals surface area contributed by atoms with Crippen LogP contribution in [0.25, 0.3) is 0 Å². The van der Waals surface area contributed by atoms with E-state index >= 15 is 0 Å². The Morgan fingerprint density at radius 2 is 1.85 bits per heavy atom. The van der Waals surface area contributed by atoms with Gasteiger partial charge in [-0.2, -0.15) is 0 Å². The van der Waals surface area contributed by atoms with Crippen LogP contribution in [-0.4, -0.2) is 17.8 Å². The molecule has 0 saturated carbocycles. The second-order valence-electron chi connectivity index (χ2n) is 6.13. The summed E-state index contributed by atoms with van der Waals surface area (Å²) in [6.45, 7) is 10.8. The lowest BCUT2D eigenvalue weighted by Crippen LogP contribution is -2.26. The lowest BCUT2D eigenvalue weighted by Gasteiger charge is -2.28. The van der Waals surface area contributed by atoms with E-state index in [2.05, 4.69) is 39.3 Å². The molecule has 0 bridgehead atoms. The quantitative estimate of drug-likeness (QED) is 0.652. The highest BCUT2D eigenvalue weighted by molar-refractivity contribution is 7.98. The van der Waals surface area contributed by atoms with Gasteiger partial charge in [-0.25, -0.2) is 4.79 Å². The molecular formula is C16H25NO2S. The summed E-state index contributed by atoms with van der Waals surface area (Å²) in [6, 6.07) is 7.74. The number of carbonyl (C=O) groups is 1. The maximum absolute atomic E-state index is 11.9. The predicted octanol–water partition coefficient (Wildman–Crippen LogP) is 4.21. The maximum atomic E-state index is 11.9. The van der Waals surface area contributed by atoms with Crippen molar-refractivity contribution in [3.63, 3.8) is 0 Å². The van der Waals surface area contributed by atoms with Gasteiger partial charge in [0.2, 0.25) is 0 Å². The molecule has 0 saturated heterocycles. The molecule has 1 aromatic carbocycles. The van der Waals surface area contributed by atoms with Crippen molar-refractivity contribution < 1.29 is 9.53 Å². The highest BCUT2D eigenvalue weighted by Gasteiger charge is 2.24. The van der Waals surface area contributed by atoms with Crippen molar-refractivity contribution in [2.45, 2.75) is 45.4 Å². The second kappa shape index (κ2) is 7.14. The van der Waals surface area contributed by atoms with Crippen LogP contribution in [0.3, 0.4) is 0 Å². The van der Waals surface area contributed by atoms with Crippen molar-refractivity contribution in [1.29, 1.82) is 0 Å². The molecule has 0 aliphatic carbocycles. The highest BCUT2D eigenvalue weighted by Crippen LogP contribution is 2.31. The Morgan fingerprint density at radius 1 is 1.25 bits per heavy atom. The fraction of sp³-hybridized carbons (Fsp3) is 0.562. The standard InChI is InChI=1S/C16H25NO2S/c1-11(2)14(17-20-16(3,4)5)12-9-7-8-10-13(12)15(18)19-6/h7-11,14,17H,1-6H3/t14-/m1/s1. The first-order chi connectivity index (χ1) is 9.26. The van der Waals surface area contributed by atoms with E-state index in [1.165, 1.54) is 7.11 Å². The molecule has 4 heteroatoms. The van der Waals surface area contributed by atoms with E-state index in [1.807, 2.05) is 24.3 Å². The number of ether oxygens (including phenoxy) is 1. The smallest absolute Gasteiger partial charge is 0.338 e. The number of hydrogen-bond acceptors (Lipinski definition) is 4. The van der Waals surface area contributed by atoms with Crippen LogP contribution >= 0.6 is 11.9 Å². The maximum Gasteiger partial charge on any atom is 0.338 e. The van der Waals surface area contributed by atoms with Crippen LogP contribution < -0.4 is 4.72 Å². The largest absolute Gasteiger partial charge is 0.465 e. The van der Waals surface area contributed by atoms with Crippen LogP contribution in [0.4, 0.5) is 0 Å². The van der Waals surface area contributed by atoms with Crippen molar-refractivity contribution in [1.82, 2.24) is 4.72 Å². The minimum atomic E-state index is -0.284. The van der Waals surface area contributed by atoms with Crippen LogP contribution in [0, 0.1) is 5.92 Å². The third-order valence-corrected chi connectivity index (χ3v) is 3.84. The molecule has 0 radical (unpaired) electrons. The van der Waals surface area contributed by atoms with Gasteiger partial charge in [0, 0.05) is 10.8 Å². The first-order valence-corrected chi connectivity index (χ1v) is 7.68. The number of nitrogens with one attached hydrogen (secondary N) is 1. The molecule has 1 rings (SSSR count). The highest BCUT2D eigenvalue weighted by atomic mass is 32.2. The van der Waals surface area contributed by atoms with Gasteiger partial charge in [-0.15, -0.1) is 0 Å². The van der Waals surface area contributed by atoms with E-state index < -0.39 is 0 Å². The zero-order chi connectivity index (χ0) is 15.3. The molecule has 0 unspecified atom stereocenters. The monoisotopic (exact) mass is 295 g/mol. The predicted molar refractivity (Wildman–Crippen MR) is 85.8 cm³/mol. The van der Waals surface area contributed by atoms with Crippen molar-refractivity contribution in [3.8, 4) is 0 Å². The van der Waals surface area contributed by atoms with E-state index in [9.17, 15) is 4.79 Å². The topological polar surface area (TPSA) is 38.3 Å². The fourth-order valence-electron chi connectivity index (χ4n) is 1.86. The molecule has 1 N–H and O–H groups in total. The Morgan fingerprint density at radius 3 is 2.35 bits per heavy atom. The number of carbonyl (C=O) groups excluding carboxylic acids is 1. The summed E-state index contributed by atoms with van der Waals surface area (Å²) in [6.07, 6.45) is 0. The molecule has 1 atom stereocenters. The molecule has 0 aliphatic heterocycles. The normalized spacial score (nSPS) is 13.3. The Kier molecular flexibility index (Phi) is 6.08. The van der Waals surface area contributed by atoms with Crippen LogP contribution in [0.15, 0.2) is 24.3 Å². The number of rotatable bonds is 5. The van der Waals surface area contributed by atoms with Crippen molar-refractivity contribution >= 4 is 17.9 Å². The lowest BCUT2D eigenvalue weighted by molar-refractivity contribution is 0.0598. The average Bonchev–Trinajstić information content (AvgIpc) is 2.37. The zero-order valence-electron chi connectivity index (χ0n) is 13.2. The molecule has 1 aromatic rings. The van der Waals surface area contributed by atoms with Gasteiger partial charge in [0.1, 0.15) is 0 Å². The molecule has 0 spiro atoms. The van der Waals surface area contributed by atoms with Gasteiger partial charge in [-0.05, 0) is 38.3 Å². The Balaban J connectivity index is 3.06. The van der Waals surface area contributed by atoms with E-state index in [1.54, 1.807) is 11.9 Å². The van der Waals surface area contributed by atoms with Gasteiger partial charge < -0.3 is 4.74 Å². The van der Waals surface area contributed by atoms with E-state index in [4.69, 9.17) is 4.74 Å². The number of hydrogen-bond donors (Lipinski definition) is 1. The summed E-state index contributed by atoms with van der Waals surface area (Å²) in [5, 5.41) is 0. The molecule has 112 valence electrons. The zero-order valence-corrected chi connectivity index (χ0v) is 14.0. The van der Waals surface area contributed by atoms with Crippen LogP contribution in [-0.2, 0) is 4.74 Å². The van der Waals surface area contributed by atoms with Crippen molar-refractivity contribution in [2.24, 2.45) is 5.92 Å². The number of benzene rings is 1. The molecule has 0 fully saturated rings. The average molecular weight is 295 g/mol. The third-order valence-electron chi connectivity index (χ3n) is 2.86. The molecule has 3 nitrogen and oxygen atoms in total. The Hall–Kier alpha value is -1.00. The molecule has 0 aromatic heterocycles. The molecule has 20 heavy (non-hydrogen) atoms. The number of methoxy groups -OCH3 is 1. The fourth-order valence-corrected chi connectivity index (χ4v) is 2.74. The first kappa shape index (κ1) is 17.1. The van der Waals surface area contributed by atoms with E-state index in [0.29, 0.717) is 11.5 Å². The summed E-state index contributed by atoms with van der Waals surface area (Å²) < 4.78 is 8.50. The summed E-state index contributed by atoms with van der Waals surface area (Å²) in [5.41, 5.74) is 1.63.